The number of rotatable bonds is 3. The van der Waals surface area contributed by atoms with Crippen LogP contribution in [-0.4, -0.2) is 36.6 Å². The van der Waals surface area contributed by atoms with Gasteiger partial charge in [-0.15, -0.1) is 0 Å². The highest BCUT2D eigenvalue weighted by Gasteiger charge is 2.42. The van der Waals surface area contributed by atoms with Gasteiger partial charge in [-0.05, 0) is 25.2 Å². The molecule has 2 rings (SSSR count). The summed E-state index contributed by atoms with van der Waals surface area (Å²) >= 11 is 0. The van der Waals surface area contributed by atoms with Crippen molar-refractivity contribution in [3.63, 3.8) is 0 Å². The third kappa shape index (κ3) is 2.52. The first-order valence-electron chi connectivity index (χ1n) is 6.15. The molecule has 0 radical (unpaired) electrons. The van der Waals surface area contributed by atoms with Crippen LogP contribution >= 0.6 is 0 Å². The summed E-state index contributed by atoms with van der Waals surface area (Å²) in [5.41, 5.74) is -0.0579. The summed E-state index contributed by atoms with van der Waals surface area (Å²) in [4.78, 5) is 0. The lowest BCUT2D eigenvalue weighted by Gasteiger charge is -2.38. The van der Waals surface area contributed by atoms with Crippen LogP contribution in [0.1, 0.15) is 39.0 Å². The maximum Gasteiger partial charge on any atom is 0.0940 e. The minimum atomic E-state index is -0.142. The summed E-state index contributed by atoms with van der Waals surface area (Å²) in [6.07, 6.45) is 4.82. The molecule has 2 aliphatic rings. The lowest BCUT2D eigenvalue weighted by atomic mass is 9.81. The topological polar surface area (TPSA) is 38.7 Å². The zero-order valence-electron chi connectivity index (χ0n) is 9.58. The van der Waals surface area contributed by atoms with Gasteiger partial charge in [-0.25, -0.2) is 0 Å². The Kier molecular flexibility index (Phi) is 3.65. The number of ether oxygens (including phenoxy) is 2. The summed E-state index contributed by atoms with van der Waals surface area (Å²) in [5, 5.41) is 10.0. The van der Waals surface area contributed by atoms with E-state index in [0.29, 0.717) is 5.92 Å². The van der Waals surface area contributed by atoms with Crippen molar-refractivity contribution < 1.29 is 14.6 Å². The van der Waals surface area contributed by atoms with Crippen LogP contribution in [0.25, 0.3) is 0 Å². The van der Waals surface area contributed by atoms with Gasteiger partial charge in [0, 0.05) is 19.6 Å². The van der Waals surface area contributed by atoms with Crippen molar-refractivity contribution in [2.45, 2.75) is 50.7 Å². The van der Waals surface area contributed by atoms with Crippen molar-refractivity contribution in [1.29, 1.82) is 0 Å². The molecule has 0 aromatic carbocycles. The van der Waals surface area contributed by atoms with Gasteiger partial charge in [-0.1, -0.05) is 13.3 Å². The van der Waals surface area contributed by atoms with Crippen LogP contribution in [0.3, 0.4) is 0 Å². The van der Waals surface area contributed by atoms with Crippen LogP contribution < -0.4 is 0 Å². The standard InChI is InChI=1S/C12H22O3/c1-2-3-11(13)10-4-6-15-12(8-10)5-7-14-9-12/h10-11,13H,2-9H2,1H3. The van der Waals surface area contributed by atoms with E-state index in [-0.39, 0.29) is 11.7 Å². The van der Waals surface area contributed by atoms with E-state index in [1.807, 2.05) is 0 Å². The van der Waals surface area contributed by atoms with Crippen LogP contribution in [-0.2, 0) is 9.47 Å². The maximum atomic E-state index is 10.0. The smallest absolute Gasteiger partial charge is 0.0940 e. The van der Waals surface area contributed by atoms with Crippen molar-refractivity contribution >= 4 is 0 Å². The summed E-state index contributed by atoms with van der Waals surface area (Å²) in [5.74, 6) is 0.417. The van der Waals surface area contributed by atoms with Crippen molar-refractivity contribution in [2.24, 2.45) is 5.92 Å². The first-order valence-corrected chi connectivity index (χ1v) is 6.15. The fourth-order valence-corrected chi connectivity index (χ4v) is 2.79. The molecule has 1 N–H and O–H groups in total. The van der Waals surface area contributed by atoms with Crippen molar-refractivity contribution in [1.82, 2.24) is 0 Å². The first-order chi connectivity index (χ1) is 7.26. The molecule has 0 aromatic rings. The number of hydrogen-bond acceptors (Lipinski definition) is 3. The Morgan fingerprint density at radius 2 is 2.33 bits per heavy atom. The average molecular weight is 214 g/mol. The Bertz CT molecular complexity index is 199. The molecule has 3 unspecified atom stereocenters. The lowest BCUT2D eigenvalue weighted by molar-refractivity contribution is -0.117. The van der Waals surface area contributed by atoms with E-state index in [9.17, 15) is 5.11 Å². The predicted molar refractivity (Wildman–Crippen MR) is 57.8 cm³/mol. The molecule has 88 valence electrons. The maximum absolute atomic E-state index is 10.0. The van der Waals surface area contributed by atoms with E-state index >= 15 is 0 Å². The van der Waals surface area contributed by atoms with Gasteiger partial charge in [-0.2, -0.15) is 0 Å². The molecule has 0 bridgehead atoms. The molecule has 2 saturated heterocycles. The minimum Gasteiger partial charge on any atom is -0.393 e. The highest BCUT2D eigenvalue weighted by molar-refractivity contribution is 4.91. The van der Waals surface area contributed by atoms with Gasteiger partial charge in [0.25, 0.3) is 0 Å². The molecule has 2 fully saturated rings. The molecule has 3 heteroatoms. The lowest BCUT2D eigenvalue weighted by Crippen LogP contribution is -2.43. The highest BCUT2D eigenvalue weighted by atomic mass is 16.6. The second-order valence-corrected chi connectivity index (χ2v) is 4.94. The van der Waals surface area contributed by atoms with Gasteiger partial charge in [0.05, 0.1) is 18.3 Å². The Labute approximate surface area is 91.8 Å². The van der Waals surface area contributed by atoms with E-state index in [0.717, 1.165) is 51.9 Å². The molecule has 0 aromatic heterocycles. The van der Waals surface area contributed by atoms with E-state index in [1.165, 1.54) is 0 Å². The summed E-state index contributed by atoms with van der Waals surface area (Å²) in [6.45, 7) is 4.45. The molecule has 2 heterocycles. The molecular weight excluding hydrogens is 192 g/mol. The fraction of sp³-hybridized carbons (Fsp3) is 1.00. The molecule has 0 saturated carbocycles. The minimum absolute atomic E-state index is 0.0579. The van der Waals surface area contributed by atoms with Crippen molar-refractivity contribution in [3.8, 4) is 0 Å². The van der Waals surface area contributed by atoms with Gasteiger partial charge < -0.3 is 14.6 Å². The van der Waals surface area contributed by atoms with Crippen molar-refractivity contribution in [3.05, 3.63) is 0 Å². The molecule has 15 heavy (non-hydrogen) atoms. The molecule has 3 nitrogen and oxygen atoms in total. The number of aliphatic hydroxyl groups is 1. The Hall–Kier alpha value is -0.120. The first kappa shape index (κ1) is 11.4. The largest absolute Gasteiger partial charge is 0.393 e. The summed E-state index contributed by atoms with van der Waals surface area (Å²) in [7, 11) is 0. The Morgan fingerprint density at radius 3 is 3.00 bits per heavy atom. The van der Waals surface area contributed by atoms with Gasteiger partial charge in [-0.3, -0.25) is 0 Å². The Morgan fingerprint density at radius 1 is 1.47 bits per heavy atom. The molecule has 1 spiro atoms. The molecule has 0 amide bonds. The quantitative estimate of drug-likeness (QED) is 0.777. The number of hydrogen-bond donors (Lipinski definition) is 1. The molecule has 2 aliphatic heterocycles. The third-order valence-corrected chi connectivity index (χ3v) is 3.73. The van der Waals surface area contributed by atoms with Crippen LogP contribution in [0.15, 0.2) is 0 Å². The monoisotopic (exact) mass is 214 g/mol. The summed E-state index contributed by atoms with van der Waals surface area (Å²) < 4.78 is 11.3. The van der Waals surface area contributed by atoms with Crippen molar-refractivity contribution in [2.75, 3.05) is 19.8 Å². The SMILES string of the molecule is CCCC(O)C1CCOC2(CCOC2)C1. The van der Waals surface area contributed by atoms with Crippen LogP contribution in [0, 0.1) is 5.92 Å². The van der Waals surface area contributed by atoms with Gasteiger partial charge in [0.1, 0.15) is 0 Å². The number of aliphatic hydroxyl groups excluding tert-OH is 1. The highest BCUT2D eigenvalue weighted by Crippen LogP contribution is 2.37. The molecule has 0 aliphatic carbocycles. The zero-order valence-corrected chi connectivity index (χ0v) is 9.58. The van der Waals surface area contributed by atoms with E-state index in [4.69, 9.17) is 9.47 Å². The van der Waals surface area contributed by atoms with Crippen LogP contribution in [0.4, 0.5) is 0 Å². The Balaban J connectivity index is 1.91. The van der Waals surface area contributed by atoms with E-state index in [2.05, 4.69) is 6.92 Å². The summed E-state index contributed by atoms with van der Waals surface area (Å²) in [6, 6.07) is 0. The molecular formula is C12H22O3. The van der Waals surface area contributed by atoms with Crippen LogP contribution in [0.2, 0.25) is 0 Å². The normalized spacial score (nSPS) is 38.4. The van der Waals surface area contributed by atoms with Crippen LogP contribution in [0.5, 0.6) is 0 Å². The second-order valence-electron chi connectivity index (χ2n) is 4.94. The second kappa shape index (κ2) is 4.81. The zero-order chi connectivity index (χ0) is 10.7. The van der Waals surface area contributed by atoms with E-state index < -0.39 is 0 Å². The van der Waals surface area contributed by atoms with Gasteiger partial charge >= 0.3 is 0 Å². The van der Waals surface area contributed by atoms with Gasteiger partial charge in [0.15, 0.2) is 0 Å². The average Bonchev–Trinajstić information content (AvgIpc) is 2.67. The van der Waals surface area contributed by atoms with E-state index in [1.54, 1.807) is 0 Å². The fourth-order valence-electron chi connectivity index (χ4n) is 2.79. The molecule has 3 atom stereocenters. The van der Waals surface area contributed by atoms with Gasteiger partial charge in [0.2, 0.25) is 0 Å². The third-order valence-electron chi connectivity index (χ3n) is 3.73. The predicted octanol–water partition coefficient (Wildman–Crippen LogP) is 1.73.